The molecule has 126 valence electrons. The van der Waals surface area contributed by atoms with E-state index in [1.807, 2.05) is 0 Å². The third-order valence-electron chi connectivity index (χ3n) is 4.86. The number of hydrogen-bond acceptors (Lipinski definition) is 0. The maximum atomic E-state index is 2.35. The van der Waals surface area contributed by atoms with Crippen molar-refractivity contribution in [3.05, 3.63) is 101 Å². The summed E-state index contributed by atoms with van der Waals surface area (Å²) in [6.07, 6.45) is 7.33. The first-order valence-corrected chi connectivity index (χ1v) is 8.97. The highest BCUT2D eigenvalue weighted by atomic mass is 14.1. The minimum Gasteiger partial charge on any atom is -0.0877 e. The van der Waals surface area contributed by atoms with Crippen molar-refractivity contribution in [2.24, 2.45) is 0 Å². The molecule has 0 bridgehead atoms. The van der Waals surface area contributed by atoms with Crippen LogP contribution in [0, 0.1) is 13.8 Å². The Bertz CT molecular complexity index is 950. The van der Waals surface area contributed by atoms with Gasteiger partial charge in [-0.2, -0.15) is 0 Å². The quantitative estimate of drug-likeness (QED) is 0.452. The minimum atomic E-state index is 0.965. The Kier molecular flexibility index (Phi) is 5.19. The molecule has 0 aromatic heterocycles. The van der Waals surface area contributed by atoms with Crippen molar-refractivity contribution in [3.8, 4) is 0 Å². The van der Waals surface area contributed by atoms with E-state index < -0.39 is 0 Å². The number of allylic oxidation sites excluding steroid dienone is 4. The highest BCUT2D eigenvalue weighted by molar-refractivity contribution is 5.89. The molecule has 0 saturated heterocycles. The van der Waals surface area contributed by atoms with Crippen LogP contribution in [0.3, 0.4) is 0 Å². The van der Waals surface area contributed by atoms with Crippen LogP contribution in [0.25, 0.3) is 16.3 Å². The number of rotatable bonds is 4. The lowest BCUT2D eigenvalue weighted by molar-refractivity contribution is 1.19. The van der Waals surface area contributed by atoms with E-state index in [4.69, 9.17) is 0 Å². The van der Waals surface area contributed by atoms with Gasteiger partial charge in [-0.25, -0.2) is 0 Å². The van der Waals surface area contributed by atoms with E-state index in [-0.39, 0.29) is 0 Å². The first kappa shape index (κ1) is 17.2. The predicted molar refractivity (Wildman–Crippen MR) is 111 cm³/mol. The van der Waals surface area contributed by atoms with Crippen LogP contribution in [0.4, 0.5) is 0 Å². The molecule has 0 amide bonds. The first-order chi connectivity index (χ1) is 12.1. The highest BCUT2D eigenvalue weighted by Crippen LogP contribution is 2.27. The van der Waals surface area contributed by atoms with E-state index in [9.17, 15) is 0 Å². The second kappa shape index (κ2) is 7.53. The van der Waals surface area contributed by atoms with Crippen LogP contribution in [-0.2, 0) is 6.42 Å². The largest absolute Gasteiger partial charge is 0.0877 e. The Morgan fingerprint density at radius 2 is 1.68 bits per heavy atom. The second-order valence-electron chi connectivity index (χ2n) is 6.79. The molecule has 0 heterocycles. The van der Waals surface area contributed by atoms with Gasteiger partial charge in [-0.1, -0.05) is 72.8 Å². The Labute approximate surface area is 151 Å². The molecule has 0 saturated carbocycles. The molecule has 0 heteroatoms. The van der Waals surface area contributed by atoms with Gasteiger partial charge in [-0.05, 0) is 78.3 Å². The predicted octanol–water partition coefficient (Wildman–Crippen LogP) is 7.03. The number of benzene rings is 3. The summed E-state index contributed by atoms with van der Waals surface area (Å²) in [6.45, 7) is 8.63. The van der Waals surface area contributed by atoms with Gasteiger partial charge >= 0.3 is 0 Å². The zero-order chi connectivity index (χ0) is 17.8. The molecule has 0 nitrogen and oxygen atoms in total. The minimum absolute atomic E-state index is 0.965. The van der Waals surface area contributed by atoms with Crippen LogP contribution in [0.1, 0.15) is 41.7 Å². The average molecular weight is 326 g/mol. The van der Waals surface area contributed by atoms with E-state index in [1.165, 1.54) is 44.2 Å². The lowest BCUT2D eigenvalue weighted by Gasteiger charge is -2.12. The molecule has 0 unspecified atom stereocenters. The zero-order valence-electron chi connectivity index (χ0n) is 15.6. The molecular weight excluding hydrogens is 300 g/mol. The van der Waals surface area contributed by atoms with Crippen molar-refractivity contribution in [2.75, 3.05) is 0 Å². The molecule has 3 rings (SSSR count). The summed E-state index contributed by atoms with van der Waals surface area (Å²) in [5.41, 5.74) is 8.10. The molecular formula is C25H26. The van der Waals surface area contributed by atoms with Gasteiger partial charge in [-0.15, -0.1) is 0 Å². The van der Waals surface area contributed by atoms with Gasteiger partial charge in [-0.3, -0.25) is 0 Å². The van der Waals surface area contributed by atoms with Crippen LogP contribution >= 0.6 is 0 Å². The molecule has 0 atom stereocenters. The van der Waals surface area contributed by atoms with Crippen LogP contribution in [0.5, 0.6) is 0 Å². The van der Waals surface area contributed by atoms with Gasteiger partial charge in [0, 0.05) is 0 Å². The summed E-state index contributed by atoms with van der Waals surface area (Å²) >= 11 is 0. The average Bonchev–Trinajstić information content (AvgIpc) is 2.61. The van der Waals surface area contributed by atoms with Crippen LogP contribution < -0.4 is 0 Å². The fourth-order valence-corrected chi connectivity index (χ4v) is 3.52. The Hall–Kier alpha value is -2.60. The SMILES string of the molecule is C/C=C\C=C(/C)c1cc(Cc2cccc3cccc(C)c23)ccc1C. The molecule has 0 radical (unpaired) electrons. The third kappa shape index (κ3) is 3.74. The van der Waals surface area contributed by atoms with Gasteiger partial charge < -0.3 is 0 Å². The number of aryl methyl sites for hydroxylation is 2. The third-order valence-corrected chi connectivity index (χ3v) is 4.86. The molecule has 0 fully saturated rings. The monoisotopic (exact) mass is 326 g/mol. The van der Waals surface area contributed by atoms with E-state index >= 15 is 0 Å². The molecule has 0 aliphatic rings. The first-order valence-electron chi connectivity index (χ1n) is 8.97. The standard InChI is InChI=1S/C25H26/c1-5-6-9-18(2)24-17-21(15-14-19(24)3)16-23-13-8-12-22-11-7-10-20(4)25(22)23/h5-15,17H,16H2,1-4H3/b6-5-,18-9+. The smallest absolute Gasteiger partial charge is 0.00193 e. The molecule has 3 aromatic carbocycles. The molecule has 0 spiro atoms. The van der Waals surface area contributed by atoms with Crippen molar-refractivity contribution >= 4 is 16.3 Å². The van der Waals surface area contributed by atoms with Crippen molar-refractivity contribution in [3.63, 3.8) is 0 Å². The lowest BCUT2D eigenvalue weighted by Crippen LogP contribution is -1.95. The summed E-state index contributed by atoms with van der Waals surface area (Å²) in [5, 5.41) is 2.72. The van der Waals surface area contributed by atoms with Crippen molar-refractivity contribution < 1.29 is 0 Å². The lowest BCUT2D eigenvalue weighted by atomic mass is 9.92. The van der Waals surface area contributed by atoms with Crippen molar-refractivity contribution in [1.29, 1.82) is 0 Å². The fourth-order valence-electron chi connectivity index (χ4n) is 3.52. The molecule has 0 N–H and O–H groups in total. The highest BCUT2D eigenvalue weighted by Gasteiger charge is 2.07. The zero-order valence-corrected chi connectivity index (χ0v) is 15.6. The van der Waals surface area contributed by atoms with Gasteiger partial charge in [0.05, 0.1) is 0 Å². The molecule has 25 heavy (non-hydrogen) atoms. The van der Waals surface area contributed by atoms with Crippen LogP contribution in [-0.4, -0.2) is 0 Å². The van der Waals surface area contributed by atoms with E-state index in [0.717, 1.165) is 6.42 Å². The van der Waals surface area contributed by atoms with Crippen LogP contribution in [0.2, 0.25) is 0 Å². The van der Waals surface area contributed by atoms with Gasteiger partial charge in [0.15, 0.2) is 0 Å². The van der Waals surface area contributed by atoms with Gasteiger partial charge in [0.2, 0.25) is 0 Å². The Morgan fingerprint density at radius 1 is 0.920 bits per heavy atom. The van der Waals surface area contributed by atoms with Crippen molar-refractivity contribution in [2.45, 2.75) is 34.1 Å². The molecule has 0 aliphatic carbocycles. The topological polar surface area (TPSA) is 0 Å². The molecule has 0 aliphatic heterocycles. The number of fused-ring (bicyclic) bond motifs is 1. The van der Waals surface area contributed by atoms with Gasteiger partial charge in [0.1, 0.15) is 0 Å². The summed E-state index contributed by atoms with van der Waals surface area (Å²) < 4.78 is 0. The van der Waals surface area contributed by atoms with Crippen molar-refractivity contribution in [1.82, 2.24) is 0 Å². The normalized spacial score (nSPS) is 12.2. The summed E-state index contributed by atoms with van der Waals surface area (Å²) in [4.78, 5) is 0. The second-order valence-corrected chi connectivity index (χ2v) is 6.79. The van der Waals surface area contributed by atoms with E-state index in [1.54, 1.807) is 0 Å². The summed E-state index contributed by atoms with van der Waals surface area (Å²) in [5.74, 6) is 0. The maximum absolute atomic E-state index is 2.35. The fraction of sp³-hybridized carbons (Fsp3) is 0.200. The van der Waals surface area contributed by atoms with E-state index in [2.05, 4.69) is 101 Å². The maximum Gasteiger partial charge on any atom is -0.00193 e. The summed E-state index contributed by atoms with van der Waals surface area (Å²) in [7, 11) is 0. The van der Waals surface area contributed by atoms with Crippen LogP contribution in [0.15, 0.2) is 72.8 Å². The van der Waals surface area contributed by atoms with E-state index in [0.29, 0.717) is 0 Å². The molecule has 3 aromatic rings. The number of hydrogen-bond donors (Lipinski definition) is 0. The Balaban J connectivity index is 2.02. The van der Waals surface area contributed by atoms with Gasteiger partial charge in [0.25, 0.3) is 0 Å². The Morgan fingerprint density at radius 3 is 2.44 bits per heavy atom. The summed E-state index contributed by atoms with van der Waals surface area (Å²) in [6, 6.07) is 20.0.